The molecule has 0 bridgehead atoms. The summed E-state index contributed by atoms with van der Waals surface area (Å²) in [6, 6.07) is 14.5. The van der Waals surface area contributed by atoms with E-state index >= 15 is 0 Å². The van der Waals surface area contributed by atoms with E-state index in [0.717, 1.165) is 0 Å². The molecule has 1 heterocycles. The third-order valence-corrected chi connectivity index (χ3v) is 6.61. The SMILES string of the molecule is C/C=C/C1(C)NC(C)=C(C(=O)O)C(c2cccc([N+](=O)[O-])c2)C1(C(=O)OCCOC)c1ccccc1. The van der Waals surface area contributed by atoms with E-state index in [1.165, 1.54) is 25.3 Å². The second kappa shape index (κ2) is 10.7. The number of non-ortho nitro benzene ring substituents is 1. The molecule has 0 fully saturated rings. The molecule has 3 rings (SSSR count). The number of aliphatic carboxylic acids is 1. The lowest BCUT2D eigenvalue weighted by Crippen LogP contribution is -2.67. The quantitative estimate of drug-likeness (QED) is 0.175. The molecule has 0 saturated carbocycles. The number of hydrogen-bond acceptors (Lipinski definition) is 7. The van der Waals surface area contributed by atoms with Crippen molar-refractivity contribution in [3.8, 4) is 0 Å². The van der Waals surface area contributed by atoms with E-state index < -0.39 is 33.7 Å². The molecule has 2 aromatic carbocycles. The van der Waals surface area contributed by atoms with Gasteiger partial charge in [0.2, 0.25) is 0 Å². The van der Waals surface area contributed by atoms with Crippen LogP contribution in [0.2, 0.25) is 0 Å². The number of methoxy groups -OCH3 is 1. The van der Waals surface area contributed by atoms with Gasteiger partial charge in [-0.3, -0.25) is 14.9 Å². The molecule has 0 amide bonds. The summed E-state index contributed by atoms with van der Waals surface area (Å²) in [6.07, 6.45) is 3.57. The maximum atomic E-state index is 14.3. The van der Waals surface area contributed by atoms with Gasteiger partial charge in [-0.15, -0.1) is 0 Å². The molecule has 1 aliphatic heterocycles. The summed E-state index contributed by atoms with van der Waals surface area (Å²) in [7, 11) is 1.48. The van der Waals surface area contributed by atoms with Crippen LogP contribution in [0.3, 0.4) is 0 Å². The lowest BCUT2D eigenvalue weighted by Gasteiger charge is -2.54. The first-order valence-electron chi connectivity index (χ1n) is 11.5. The average molecular weight is 495 g/mol. The maximum absolute atomic E-state index is 14.3. The second-order valence-corrected chi connectivity index (χ2v) is 8.76. The zero-order chi connectivity index (χ0) is 26.5. The van der Waals surface area contributed by atoms with Gasteiger partial charge in [0.1, 0.15) is 12.0 Å². The maximum Gasteiger partial charge on any atom is 0.333 e. The average Bonchev–Trinajstić information content (AvgIpc) is 2.84. The second-order valence-electron chi connectivity index (χ2n) is 8.76. The summed E-state index contributed by atoms with van der Waals surface area (Å²) in [6.45, 7) is 5.31. The summed E-state index contributed by atoms with van der Waals surface area (Å²) in [5.74, 6) is -3.06. The normalized spacial score (nSPS) is 23.8. The molecular formula is C27H30N2O7. The van der Waals surface area contributed by atoms with Crippen molar-refractivity contribution in [1.82, 2.24) is 5.32 Å². The van der Waals surface area contributed by atoms with E-state index in [1.54, 1.807) is 69.3 Å². The van der Waals surface area contributed by atoms with Crippen molar-refractivity contribution < 1.29 is 29.1 Å². The minimum absolute atomic E-state index is 0.0530. The van der Waals surface area contributed by atoms with Crippen LogP contribution in [0.15, 0.2) is 78.0 Å². The molecule has 2 aromatic rings. The third kappa shape index (κ3) is 4.49. The fourth-order valence-corrected chi connectivity index (χ4v) is 5.26. The zero-order valence-corrected chi connectivity index (χ0v) is 20.7. The molecule has 9 heteroatoms. The number of carboxylic acids is 1. The largest absolute Gasteiger partial charge is 0.478 e. The Kier molecular flexibility index (Phi) is 7.94. The molecule has 9 nitrogen and oxygen atoms in total. The number of ether oxygens (including phenoxy) is 2. The summed E-state index contributed by atoms with van der Waals surface area (Å²) >= 11 is 0. The number of hydrogen-bond donors (Lipinski definition) is 2. The first-order valence-corrected chi connectivity index (χ1v) is 11.5. The van der Waals surface area contributed by atoms with E-state index in [0.29, 0.717) is 16.8 Å². The lowest BCUT2D eigenvalue weighted by molar-refractivity contribution is -0.384. The minimum atomic E-state index is -1.66. The summed E-state index contributed by atoms with van der Waals surface area (Å²) in [4.78, 5) is 38.1. The van der Waals surface area contributed by atoms with Gasteiger partial charge in [0.05, 0.1) is 22.6 Å². The summed E-state index contributed by atoms with van der Waals surface area (Å²) in [5.41, 5.74) is -1.96. The number of nitro groups is 1. The van der Waals surface area contributed by atoms with Gasteiger partial charge < -0.3 is 19.9 Å². The molecule has 36 heavy (non-hydrogen) atoms. The Balaban J connectivity index is 2.50. The summed E-state index contributed by atoms with van der Waals surface area (Å²) in [5, 5.41) is 25.3. The van der Waals surface area contributed by atoms with Crippen LogP contribution >= 0.6 is 0 Å². The van der Waals surface area contributed by atoms with Crippen molar-refractivity contribution in [2.24, 2.45) is 0 Å². The highest BCUT2D eigenvalue weighted by atomic mass is 16.6. The van der Waals surface area contributed by atoms with Gasteiger partial charge in [-0.1, -0.05) is 54.6 Å². The molecule has 0 aromatic heterocycles. The molecule has 1 aliphatic rings. The number of nitrogens with zero attached hydrogens (tertiary/aromatic N) is 1. The molecule has 190 valence electrons. The van der Waals surface area contributed by atoms with Crippen molar-refractivity contribution in [3.05, 3.63) is 99.3 Å². The van der Waals surface area contributed by atoms with E-state index in [-0.39, 0.29) is 24.5 Å². The molecule has 0 radical (unpaired) electrons. The molecule has 3 unspecified atom stereocenters. The van der Waals surface area contributed by atoms with E-state index in [9.17, 15) is 24.8 Å². The van der Waals surface area contributed by atoms with Crippen molar-refractivity contribution in [2.45, 2.75) is 37.6 Å². The van der Waals surface area contributed by atoms with Crippen LogP contribution in [0.25, 0.3) is 0 Å². The van der Waals surface area contributed by atoms with Crippen molar-refractivity contribution in [3.63, 3.8) is 0 Å². The predicted molar refractivity (Wildman–Crippen MR) is 133 cm³/mol. The standard InChI is InChI=1S/C27H30N2O7/c1-5-14-26(3)27(20-11-7-6-8-12-20,25(32)36-16-15-35-4)23(22(24(30)31)18(2)28-26)19-10-9-13-21(17-19)29(33)34/h5-14,17,23,28H,15-16H2,1-4H3,(H,30,31)/b14-5+. The molecule has 0 aliphatic carbocycles. The number of nitrogens with one attached hydrogen (secondary N) is 1. The topological polar surface area (TPSA) is 128 Å². The van der Waals surface area contributed by atoms with Gasteiger partial charge in [-0.25, -0.2) is 4.79 Å². The molecule has 0 saturated heterocycles. The monoisotopic (exact) mass is 494 g/mol. The number of nitro benzene ring substituents is 1. The Hall–Kier alpha value is -3.98. The number of benzene rings is 2. The van der Waals surface area contributed by atoms with Gasteiger partial charge in [0, 0.05) is 30.9 Å². The molecule has 2 N–H and O–H groups in total. The van der Waals surface area contributed by atoms with Crippen LogP contribution in [0, 0.1) is 10.1 Å². The van der Waals surface area contributed by atoms with Gasteiger partial charge in [0.15, 0.2) is 0 Å². The first kappa shape index (κ1) is 26.6. The molecule has 0 spiro atoms. The highest BCUT2D eigenvalue weighted by molar-refractivity contribution is 5.97. The van der Waals surface area contributed by atoms with Gasteiger partial charge in [-0.2, -0.15) is 0 Å². The fraction of sp³-hybridized carbons (Fsp3) is 0.333. The van der Waals surface area contributed by atoms with Crippen LogP contribution in [-0.2, 0) is 24.5 Å². The number of allylic oxidation sites excluding steroid dienone is 2. The van der Waals surface area contributed by atoms with E-state index in [4.69, 9.17) is 9.47 Å². The number of esters is 1. The Morgan fingerprint density at radius 1 is 1.17 bits per heavy atom. The highest BCUT2D eigenvalue weighted by Crippen LogP contribution is 2.55. The number of carbonyl (C=O) groups is 2. The number of carboxylic acid groups (broad SMARTS) is 1. The van der Waals surface area contributed by atoms with Gasteiger partial charge in [-0.05, 0) is 31.9 Å². The highest BCUT2D eigenvalue weighted by Gasteiger charge is 2.64. The Bertz CT molecular complexity index is 1210. The van der Waals surface area contributed by atoms with Crippen LogP contribution in [0.4, 0.5) is 5.69 Å². The predicted octanol–water partition coefficient (Wildman–Crippen LogP) is 4.10. The molecule has 3 atom stereocenters. The van der Waals surface area contributed by atoms with E-state index in [1.807, 2.05) is 0 Å². The van der Waals surface area contributed by atoms with Crippen LogP contribution in [-0.4, -0.2) is 47.8 Å². The molecular weight excluding hydrogens is 464 g/mol. The summed E-state index contributed by atoms with van der Waals surface area (Å²) < 4.78 is 10.8. The van der Waals surface area contributed by atoms with Crippen molar-refractivity contribution in [1.29, 1.82) is 0 Å². The number of rotatable bonds is 9. The van der Waals surface area contributed by atoms with Crippen molar-refractivity contribution in [2.75, 3.05) is 20.3 Å². The first-order chi connectivity index (χ1) is 17.1. The third-order valence-electron chi connectivity index (χ3n) is 6.61. The number of carbonyl (C=O) groups excluding carboxylic acids is 1. The zero-order valence-electron chi connectivity index (χ0n) is 20.7. The smallest absolute Gasteiger partial charge is 0.333 e. The Labute approximate surface area is 209 Å². The van der Waals surface area contributed by atoms with Crippen LogP contribution in [0.5, 0.6) is 0 Å². The minimum Gasteiger partial charge on any atom is -0.478 e. The van der Waals surface area contributed by atoms with Crippen LogP contribution < -0.4 is 5.32 Å². The van der Waals surface area contributed by atoms with Crippen molar-refractivity contribution >= 4 is 17.6 Å². The van der Waals surface area contributed by atoms with Gasteiger partial charge in [0.25, 0.3) is 5.69 Å². The van der Waals surface area contributed by atoms with Crippen LogP contribution in [0.1, 0.15) is 37.8 Å². The van der Waals surface area contributed by atoms with Gasteiger partial charge >= 0.3 is 11.9 Å². The van der Waals surface area contributed by atoms with E-state index in [2.05, 4.69) is 5.32 Å². The Morgan fingerprint density at radius 2 is 1.86 bits per heavy atom. The Morgan fingerprint density at radius 3 is 2.44 bits per heavy atom. The lowest BCUT2D eigenvalue weighted by atomic mass is 9.53. The fourth-order valence-electron chi connectivity index (χ4n) is 5.26.